The number of hydrogen-bond acceptors (Lipinski definition) is 2. The van der Waals surface area contributed by atoms with Crippen LogP contribution in [0.25, 0.3) is 0 Å². The van der Waals surface area contributed by atoms with Crippen molar-refractivity contribution in [3.8, 4) is 12.8 Å². The summed E-state index contributed by atoms with van der Waals surface area (Å²) in [6, 6.07) is 0. The topological polar surface area (TPSA) is 21.3 Å². The Morgan fingerprint density at radius 2 is 1.18 bits per heavy atom. The van der Waals surface area contributed by atoms with E-state index in [-0.39, 0.29) is 0 Å². The maximum atomic E-state index is 4.25. The van der Waals surface area contributed by atoms with E-state index in [0.717, 1.165) is 6.54 Å². The molecule has 0 aliphatic heterocycles. The number of terminal acetylenes is 1. The van der Waals surface area contributed by atoms with Crippen molar-refractivity contribution in [2.75, 3.05) is 27.3 Å². The van der Waals surface area contributed by atoms with Gasteiger partial charge in [-0.2, -0.15) is 0 Å². The lowest BCUT2D eigenvalue weighted by molar-refractivity contribution is 0.277. The molecule has 2 heteroatoms. The second-order valence-corrected chi connectivity index (χ2v) is 6.27. The minimum absolute atomic E-state index is 0.432. The number of unbranched alkanes of at least 4 members (excludes halogenated alkanes) is 6. The van der Waals surface area contributed by atoms with Gasteiger partial charge in [0.2, 0.25) is 0 Å². The predicted octanol–water partition coefficient (Wildman–Crippen LogP) is 5.91. The average molecular weight is 316 g/mol. The maximum absolute atomic E-state index is 4.25. The number of rotatable bonds is 9. The van der Waals surface area contributed by atoms with Gasteiger partial charge in [0, 0.05) is 14.2 Å². The second kappa shape index (κ2) is 28.6. The predicted molar refractivity (Wildman–Crippen MR) is 104 cm³/mol. The van der Waals surface area contributed by atoms with Gasteiger partial charge in [0.1, 0.15) is 0 Å². The first kappa shape index (κ1) is 29.5. The van der Waals surface area contributed by atoms with Gasteiger partial charge in [-0.1, -0.05) is 80.1 Å². The van der Waals surface area contributed by atoms with Crippen LogP contribution in [-0.2, 0) is 4.74 Å². The number of hydrogen-bond donors (Lipinski definition) is 1. The molecule has 0 heterocycles. The Kier molecular flexibility index (Phi) is 38.4. The minimum atomic E-state index is 0.432. The standard InChI is InChI=1S/C14H31N.C2H6O.C2H6.C2H2/c1-5-6-7-8-9-10-11-12-15-13-14(2,3)4;1-3-2;2*1-2/h15H,5-13H2,1-4H3;1-2H3;1-2H3;1-2H. The van der Waals surface area contributed by atoms with Crippen molar-refractivity contribution in [3.05, 3.63) is 0 Å². The highest BCUT2D eigenvalue weighted by Gasteiger charge is 2.07. The molecule has 0 amide bonds. The molecule has 22 heavy (non-hydrogen) atoms. The number of methoxy groups -OCH3 is 1. The molecule has 136 valence electrons. The van der Waals surface area contributed by atoms with E-state index in [1.807, 2.05) is 13.8 Å². The molecule has 0 aromatic carbocycles. The summed E-state index contributed by atoms with van der Waals surface area (Å²) in [6.45, 7) is 15.5. The van der Waals surface area contributed by atoms with Gasteiger partial charge in [-0.3, -0.25) is 0 Å². The lowest BCUT2D eigenvalue weighted by Crippen LogP contribution is -2.27. The maximum Gasteiger partial charge on any atom is 0.0351 e. The lowest BCUT2D eigenvalue weighted by atomic mass is 9.97. The van der Waals surface area contributed by atoms with Crippen LogP contribution >= 0.6 is 0 Å². The summed E-state index contributed by atoms with van der Waals surface area (Å²) in [5.74, 6) is 0. The normalized spacial score (nSPS) is 9.36. The zero-order valence-corrected chi connectivity index (χ0v) is 16.9. The van der Waals surface area contributed by atoms with Gasteiger partial charge in [-0.15, -0.1) is 12.8 Å². The van der Waals surface area contributed by atoms with E-state index < -0.39 is 0 Å². The molecule has 0 atom stereocenters. The fourth-order valence-corrected chi connectivity index (χ4v) is 1.67. The summed E-state index contributed by atoms with van der Waals surface area (Å²) in [5, 5.41) is 3.53. The summed E-state index contributed by atoms with van der Waals surface area (Å²) >= 11 is 0. The Morgan fingerprint density at radius 1 is 0.818 bits per heavy atom. The second-order valence-electron chi connectivity index (χ2n) is 6.27. The smallest absolute Gasteiger partial charge is 0.0351 e. The van der Waals surface area contributed by atoms with Gasteiger partial charge in [0.15, 0.2) is 0 Å². The molecule has 0 aromatic heterocycles. The molecule has 0 spiro atoms. The van der Waals surface area contributed by atoms with Crippen LogP contribution in [0.2, 0.25) is 0 Å². The van der Waals surface area contributed by atoms with Crippen molar-refractivity contribution in [3.63, 3.8) is 0 Å². The van der Waals surface area contributed by atoms with Gasteiger partial charge in [-0.25, -0.2) is 0 Å². The fourth-order valence-electron chi connectivity index (χ4n) is 1.67. The average Bonchev–Trinajstić information content (AvgIpc) is 2.49. The van der Waals surface area contributed by atoms with Crippen molar-refractivity contribution in [1.82, 2.24) is 5.32 Å². The molecule has 0 aromatic rings. The highest BCUT2D eigenvalue weighted by atomic mass is 16.4. The van der Waals surface area contributed by atoms with E-state index in [2.05, 4.69) is 50.6 Å². The van der Waals surface area contributed by atoms with Crippen LogP contribution in [0.5, 0.6) is 0 Å². The molecule has 1 N–H and O–H groups in total. The van der Waals surface area contributed by atoms with Crippen LogP contribution in [0.1, 0.15) is 86.5 Å². The van der Waals surface area contributed by atoms with Crippen molar-refractivity contribution in [1.29, 1.82) is 0 Å². The molecule has 0 unspecified atom stereocenters. The molecule has 0 radical (unpaired) electrons. The third kappa shape index (κ3) is 50.5. The zero-order valence-electron chi connectivity index (χ0n) is 16.9. The van der Waals surface area contributed by atoms with Crippen LogP contribution in [0, 0.1) is 18.3 Å². The summed E-state index contributed by atoms with van der Waals surface area (Å²) < 4.78 is 4.25. The van der Waals surface area contributed by atoms with E-state index in [9.17, 15) is 0 Å². The van der Waals surface area contributed by atoms with Crippen LogP contribution < -0.4 is 5.32 Å². The van der Waals surface area contributed by atoms with Gasteiger partial charge in [-0.05, 0) is 24.9 Å². The van der Waals surface area contributed by atoms with Gasteiger partial charge in [0.05, 0.1) is 0 Å². The van der Waals surface area contributed by atoms with Crippen LogP contribution in [0.4, 0.5) is 0 Å². The number of nitrogens with one attached hydrogen (secondary N) is 1. The monoisotopic (exact) mass is 315 g/mol. The van der Waals surface area contributed by atoms with E-state index >= 15 is 0 Å². The highest BCUT2D eigenvalue weighted by Crippen LogP contribution is 2.10. The molecule has 0 fully saturated rings. The van der Waals surface area contributed by atoms with Crippen LogP contribution in [0.15, 0.2) is 0 Å². The Morgan fingerprint density at radius 3 is 1.55 bits per heavy atom. The molecule has 0 aliphatic carbocycles. The van der Waals surface area contributed by atoms with E-state index in [1.165, 1.54) is 51.5 Å². The summed E-state index contributed by atoms with van der Waals surface area (Å²) in [6.07, 6.45) is 17.8. The molecule has 0 bridgehead atoms. The highest BCUT2D eigenvalue weighted by molar-refractivity contribution is 4.64. The first-order valence-corrected chi connectivity index (χ1v) is 8.92. The Labute approximate surface area is 142 Å². The summed E-state index contributed by atoms with van der Waals surface area (Å²) in [7, 11) is 3.25. The van der Waals surface area contributed by atoms with Gasteiger partial charge in [0.25, 0.3) is 0 Å². The Bertz CT molecular complexity index is 170. The SMILES string of the molecule is C#C.CC.CCCCCCCCCNCC(C)(C)C.COC. The molecule has 0 saturated heterocycles. The van der Waals surface area contributed by atoms with Gasteiger partial charge < -0.3 is 10.1 Å². The first-order valence-electron chi connectivity index (χ1n) is 8.92. The van der Waals surface area contributed by atoms with Crippen molar-refractivity contribution in [2.24, 2.45) is 5.41 Å². The fraction of sp³-hybridized carbons (Fsp3) is 0.900. The first-order chi connectivity index (χ1) is 10.5. The lowest BCUT2D eigenvalue weighted by Gasteiger charge is -2.18. The minimum Gasteiger partial charge on any atom is -0.388 e. The third-order valence-corrected chi connectivity index (χ3v) is 2.61. The summed E-state index contributed by atoms with van der Waals surface area (Å²) in [5.41, 5.74) is 0.432. The van der Waals surface area contributed by atoms with Gasteiger partial charge >= 0.3 is 0 Å². The van der Waals surface area contributed by atoms with E-state index in [1.54, 1.807) is 14.2 Å². The molecule has 0 saturated carbocycles. The Hall–Kier alpha value is -0.520. The quantitative estimate of drug-likeness (QED) is 0.422. The zero-order chi connectivity index (χ0) is 18.3. The third-order valence-electron chi connectivity index (χ3n) is 2.61. The molecule has 0 rings (SSSR count). The molecule has 2 nitrogen and oxygen atoms in total. The molecular weight excluding hydrogens is 270 g/mol. The Balaban J connectivity index is -0.000000198. The van der Waals surface area contributed by atoms with E-state index in [4.69, 9.17) is 0 Å². The largest absolute Gasteiger partial charge is 0.388 e. The van der Waals surface area contributed by atoms with Crippen molar-refractivity contribution >= 4 is 0 Å². The molecular formula is C20H45NO. The van der Waals surface area contributed by atoms with Crippen LogP contribution in [0.3, 0.4) is 0 Å². The number of ether oxygens (including phenoxy) is 1. The molecule has 0 aliphatic rings. The van der Waals surface area contributed by atoms with Crippen molar-refractivity contribution < 1.29 is 4.74 Å². The van der Waals surface area contributed by atoms with E-state index in [0.29, 0.717) is 5.41 Å². The van der Waals surface area contributed by atoms with Crippen LogP contribution in [-0.4, -0.2) is 27.3 Å². The summed E-state index contributed by atoms with van der Waals surface area (Å²) in [4.78, 5) is 0. The van der Waals surface area contributed by atoms with Crippen molar-refractivity contribution in [2.45, 2.75) is 86.5 Å².